The first-order valence-electron chi connectivity index (χ1n) is 8.68. The van der Waals surface area contributed by atoms with E-state index in [0.717, 1.165) is 12.1 Å². The smallest absolute Gasteiger partial charge is 0.261 e. The van der Waals surface area contributed by atoms with Crippen molar-refractivity contribution in [2.45, 2.75) is 23.8 Å². The Hall–Kier alpha value is -2.58. The van der Waals surface area contributed by atoms with Crippen molar-refractivity contribution in [3.8, 4) is 0 Å². The lowest BCUT2D eigenvalue weighted by Gasteiger charge is -2.32. The van der Waals surface area contributed by atoms with E-state index in [1.165, 1.54) is 16.4 Å². The predicted octanol–water partition coefficient (Wildman–Crippen LogP) is 2.56. The summed E-state index contributed by atoms with van der Waals surface area (Å²) in [7, 11) is -3.67. The zero-order chi connectivity index (χ0) is 19.0. The molecule has 0 bridgehead atoms. The van der Waals surface area contributed by atoms with Crippen LogP contribution in [0.4, 0.5) is 4.39 Å². The Morgan fingerprint density at radius 3 is 2.37 bits per heavy atom. The summed E-state index contributed by atoms with van der Waals surface area (Å²) >= 11 is 0. The summed E-state index contributed by atoms with van der Waals surface area (Å²) in [4.78, 5) is 17.1. The van der Waals surface area contributed by atoms with Crippen molar-refractivity contribution < 1.29 is 12.8 Å². The molecule has 3 aromatic rings. The maximum atomic E-state index is 13.1. The first kappa shape index (κ1) is 17.8. The maximum absolute atomic E-state index is 13.1. The van der Waals surface area contributed by atoms with Crippen LogP contribution in [0.2, 0.25) is 0 Å². The van der Waals surface area contributed by atoms with E-state index in [4.69, 9.17) is 0 Å². The minimum Gasteiger partial charge on any atom is -0.296 e. The SMILES string of the molecule is O=c1c2ccccc2ncn1C1CCN(S(=O)(=O)c2ccc(F)cc2)CC1. The highest BCUT2D eigenvalue weighted by molar-refractivity contribution is 7.89. The van der Waals surface area contributed by atoms with Crippen LogP contribution in [0.5, 0.6) is 0 Å². The number of piperidine rings is 1. The highest BCUT2D eigenvalue weighted by atomic mass is 32.2. The third-order valence-electron chi connectivity index (χ3n) is 4.96. The largest absolute Gasteiger partial charge is 0.296 e. The van der Waals surface area contributed by atoms with Crippen molar-refractivity contribution in [3.63, 3.8) is 0 Å². The average molecular weight is 387 g/mol. The molecule has 2 heterocycles. The van der Waals surface area contributed by atoms with E-state index in [1.54, 1.807) is 29.1 Å². The Morgan fingerprint density at radius 2 is 1.67 bits per heavy atom. The van der Waals surface area contributed by atoms with Gasteiger partial charge in [0.2, 0.25) is 10.0 Å². The number of hydrogen-bond donors (Lipinski definition) is 0. The molecule has 1 aliphatic heterocycles. The normalized spacial score (nSPS) is 16.6. The van der Waals surface area contributed by atoms with Crippen molar-refractivity contribution in [1.82, 2.24) is 13.9 Å². The zero-order valence-corrected chi connectivity index (χ0v) is 15.3. The number of rotatable bonds is 3. The standard InChI is InChI=1S/C19H18FN3O3S/c20-14-5-7-16(8-6-14)27(25,26)22-11-9-15(10-12-22)23-13-21-18-4-2-1-3-17(18)19(23)24/h1-8,13,15H,9-12H2. The highest BCUT2D eigenvalue weighted by Gasteiger charge is 2.30. The van der Waals surface area contributed by atoms with Crippen molar-refractivity contribution in [3.05, 3.63) is 71.0 Å². The van der Waals surface area contributed by atoms with Gasteiger partial charge in [0.15, 0.2) is 0 Å². The molecule has 140 valence electrons. The quantitative estimate of drug-likeness (QED) is 0.692. The molecule has 2 aromatic carbocycles. The molecular weight excluding hydrogens is 369 g/mol. The number of fused-ring (bicyclic) bond motifs is 1. The van der Waals surface area contributed by atoms with Gasteiger partial charge in [0.1, 0.15) is 5.82 Å². The molecule has 0 amide bonds. The van der Waals surface area contributed by atoms with E-state index in [1.807, 2.05) is 6.07 Å². The van der Waals surface area contributed by atoms with Crippen molar-refractivity contribution in [1.29, 1.82) is 0 Å². The van der Waals surface area contributed by atoms with Gasteiger partial charge < -0.3 is 0 Å². The minimum absolute atomic E-state index is 0.0758. The Labute approximate surface area is 155 Å². The monoisotopic (exact) mass is 387 g/mol. The minimum atomic E-state index is -3.67. The van der Waals surface area contributed by atoms with Gasteiger partial charge in [-0.2, -0.15) is 4.31 Å². The average Bonchev–Trinajstić information content (AvgIpc) is 2.69. The number of nitrogens with zero attached hydrogens (tertiary/aromatic N) is 3. The Morgan fingerprint density at radius 1 is 1.00 bits per heavy atom. The van der Waals surface area contributed by atoms with Crippen LogP contribution in [-0.4, -0.2) is 35.4 Å². The van der Waals surface area contributed by atoms with Gasteiger partial charge in [0.05, 0.1) is 22.1 Å². The second kappa shape index (κ2) is 6.86. The van der Waals surface area contributed by atoms with Crippen molar-refractivity contribution >= 4 is 20.9 Å². The van der Waals surface area contributed by atoms with Crippen LogP contribution >= 0.6 is 0 Å². The number of aromatic nitrogens is 2. The van der Waals surface area contributed by atoms with Gasteiger partial charge in [-0.25, -0.2) is 17.8 Å². The summed E-state index contributed by atoms with van der Waals surface area (Å²) in [6, 6.07) is 11.9. The van der Waals surface area contributed by atoms with Crippen LogP contribution in [0.25, 0.3) is 10.9 Å². The van der Waals surface area contributed by atoms with E-state index in [0.29, 0.717) is 36.8 Å². The van der Waals surface area contributed by atoms with Gasteiger partial charge in [-0.05, 0) is 49.2 Å². The van der Waals surface area contributed by atoms with E-state index in [9.17, 15) is 17.6 Å². The van der Waals surface area contributed by atoms with E-state index >= 15 is 0 Å². The van der Waals surface area contributed by atoms with Crippen LogP contribution in [0.3, 0.4) is 0 Å². The van der Waals surface area contributed by atoms with Gasteiger partial charge in [-0.1, -0.05) is 12.1 Å². The number of benzene rings is 2. The zero-order valence-electron chi connectivity index (χ0n) is 14.5. The Bertz CT molecular complexity index is 1130. The van der Waals surface area contributed by atoms with Gasteiger partial charge in [-0.15, -0.1) is 0 Å². The van der Waals surface area contributed by atoms with Gasteiger partial charge in [-0.3, -0.25) is 9.36 Å². The molecule has 4 rings (SSSR count). The van der Waals surface area contributed by atoms with Crippen LogP contribution in [0.1, 0.15) is 18.9 Å². The second-order valence-electron chi connectivity index (χ2n) is 6.56. The number of hydrogen-bond acceptors (Lipinski definition) is 4. The van der Waals surface area contributed by atoms with E-state index in [-0.39, 0.29) is 16.5 Å². The third-order valence-corrected chi connectivity index (χ3v) is 6.87. The Kier molecular flexibility index (Phi) is 4.53. The van der Waals surface area contributed by atoms with Crippen LogP contribution < -0.4 is 5.56 Å². The summed E-state index contributed by atoms with van der Waals surface area (Å²) in [5.74, 6) is -0.476. The third kappa shape index (κ3) is 3.26. The summed E-state index contributed by atoms with van der Waals surface area (Å²) in [6.07, 6.45) is 2.57. The molecule has 0 atom stereocenters. The lowest BCUT2D eigenvalue weighted by molar-refractivity contribution is 0.269. The molecule has 6 nitrogen and oxygen atoms in total. The lowest BCUT2D eigenvalue weighted by atomic mass is 10.1. The van der Waals surface area contributed by atoms with Gasteiger partial charge >= 0.3 is 0 Å². The molecule has 1 aromatic heterocycles. The van der Waals surface area contributed by atoms with Crippen molar-refractivity contribution in [2.75, 3.05) is 13.1 Å². The molecule has 27 heavy (non-hydrogen) atoms. The molecule has 1 aliphatic rings. The molecule has 0 saturated carbocycles. The fourth-order valence-electron chi connectivity index (χ4n) is 3.46. The van der Waals surface area contributed by atoms with E-state index < -0.39 is 15.8 Å². The summed E-state index contributed by atoms with van der Waals surface area (Å²) in [5.41, 5.74) is 0.538. The van der Waals surface area contributed by atoms with E-state index in [2.05, 4.69) is 4.98 Å². The van der Waals surface area contributed by atoms with Crippen LogP contribution in [0.15, 0.2) is 64.5 Å². The first-order chi connectivity index (χ1) is 13.0. The van der Waals surface area contributed by atoms with Gasteiger partial charge in [0, 0.05) is 19.1 Å². The Balaban J connectivity index is 1.55. The summed E-state index contributed by atoms with van der Waals surface area (Å²) < 4.78 is 41.5. The predicted molar refractivity (Wildman–Crippen MR) is 99.4 cm³/mol. The van der Waals surface area contributed by atoms with Crippen LogP contribution in [0, 0.1) is 5.82 Å². The fourth-order valence-corrected chi connectivity index (χ4v) is 4.93. The number of para-hydroxylation sites is 1. The molecule has 0 spiro atoms. The molecule has 0 aliphatic carbocycles. The molecule has 0 radical (unpaired) electrons. The molecule has 0 unspecified atom stereocenters. The summed E-state index contributed by atoms with van der Waals surface area (Å²) in [5, 5.41) is 0.557. The first-order valence-corrected chi connectivity index (χ1v) is 10.1. The number of halogens is 1. The molecule has 0 N–H and O–H groups in total. The molecule has 8 heteroatoms. The number of sulfonamides is 1. The molecule has 1 saturated heterocycles. The van der Waals surface area contributed by atoms with Crippen LogP contribution in [-0.2, 0) is 10.0 Å². The molecular formula is C19H18FN3O3S. The summed E-state index contributed by atoms with van der Waals surface area (Å²) in [6.45, 7) is 0.591. The van der Waals surface area contributed by atoms with Crippen molar-refractivity contribution in [2.24, 2.45) is 0 Å². The maximum Gasteiger partial charge on any atom is 0.261 e. The lowest BCUT2D eigenvalue weighted by Crippen LogP contribution is -2.40. The topological polar surface area (TPSA) is 72.3 Å². The second-order valence-corrected chi connectivity index (χ2v) is 8.50. The molecule has 1 fully saturated rings. The van der Waals surface area contributed by atoms with Gasteiger partial charge in [0.25, 0.3) is 5.56 Å². The highest BCUT2D eigenvalue weighted by Crippen LogP contribution is 2.26. The fraction of sp³-hybridized carbons (Fsp3) is 0.263.